The maximum absolute atomic E-state index is 12.1. The summed E-state index contributed by atoms with van der Waals surface area (Å²) in [6, 6.07) is 22.9. The molecule has 3 aromatic carbocycles. The Kier molecular flexibility index (Phi) is 6.25. The molecule has 4 rings (SSSR count). The van der Waals surface area contributed by atoms with Crippen LogP contribution in [0.2, 0.25) is 0 Å². The summed E-state index contributed by atoms with van der Waals surface area (Å²) in [5.41, 5.74) is 7.79. The third-order valence-electron chi connectivity index (χ3n) is 6.42. The van der Waals surface area contributed by atoms with Gasteiger partial charge >= 0.3 is 11.9 Å². The molecule has 34 heavy (non-hydrogen) atoms. The second kappa shape index (κ2) is 9.14. The molecule has 0 fully saturated rings. The number of ether oxygens (including phenoxy) is 2. The lowest BCUT2D eigenvalue weighted by Gasteiger charge is -2.29. The van der Waals surface area contributed by atoms with Crippen LogP contribution < -0.4 is 0 Å². The molecule has 0 spiro atoms. The highest BCUT2D eigenvalue weighted by Gasteiger charge is 2.40. The molecule has 172 valence electrons. The minimum absolute atomic E-state index is 0.0544. The van der Waals surface area contributed by atoms with Gasteiger partial charge in [-0.3, -0.25) is 0 Å². The van der Waals surface area contributed by atoms with Crippen molar-refractivity contribution in [2.24, 2.45) is 0 Å². The lowest BCUT2D eigenvalue weighted by Crippen LogP contribution is -2.23. The zero-order valence-electron chi connectivity index (χ0n) is 19.8. The summed E-state index contributed by atoms with van der Waals surface area (Å²) in [4.78, 5) is 24.1. The van der Waals surface area contributed by atoms with Crippen LogP contribution in [-0.4, -0.2) is 11.9 Å². The van der Waals surface area contributed by atoms with Gasteiger partial charge in [-0.05, 0) is 59.7 Å². The van der Waals surface area contributed by atoms with E-state index in [1.165, 1.54) is 22.3 Å². The van der Waals surface area contributed by atoms with Gasteiger partial charge in [0, 0.05) is 16.6 Å². The first-order chi connectivity index (χ1) is 16.2. The van der Waals surface area contributed by atoms with Gasteiger partial charge in [0.15, 0.2) is 0 Å². The standard InChI is InChI=1S/C30H28O4/c1-19(2)28(31)33-17-21-14-15-23(16-22(21)18-34-29(32)20(3)4)30(5)26-12-8-6-10-24(26)25-11-7-9-13-27(25)30/h6-16H,1,3,17-18H2,2,4-5H3. The van der Waals surface area contributed by atoms with E-state index in [2.05, 4.69) is 80.7 Å². The average molecular weight is 453 g/mol. The van der Waals surface area contributed by atoms with Gasteiger partial charge in [0.05, 0.1) is 0 Å². The Balaban J connectivity index is 1.78. The quantitative estimate of drug-likeness (QED) is 0.314. The van der Waals surface area contributed by atoms with E-state index in [9.17, 15) is 9.59 Å². The van der Waals surface area contributed by atoms with Crippen LogP contribution in [-0.2, 0) is 37.7 Å². The maximum atomic E-state index is 12.1. The van der Waals surface area contributed by atoms with Crippen molar-refractivity contribution in [1.29, 1.82) is 0 Å². The van der Waals surface area contributed by atoms with Crippen LogP contribution in [0.4, 0.5) is 0 Å². The van der Waals surface area contributed by atoms with Crippen molar-refractivity contribution in [2.75, 3.05) is 0 Å². The molecule has 0 heterocycles. The summed E-state index contributed by atoms with van der Waals surface area (Å²) in [7, 11) is 0. The number of fused-ring (bicyclic) bond motifs is 3. The van der Waals surface area contributed by atoms with Gasteiger partial charge < -0.3 is 9.47 Å². The van der Waals surface area contributed by atoms with Gasteiger partial charge in [0.25, 0.3) is 0 Å². The molecule has 0 saturated carbocycles. The van der Waals surface area contributed by atoms with E-state index in [1.54, 1.807) is 13.8 Å². The van der Waals surface area contributed by atoms with E-state index in [-0.39, 0.29) is 18.6 Å². The summed E-state index contributed by atoms with van der Waals surface area (Å²) in [5, 5.41) is 0. The largest absolute Gasteiger partial charge is 0.457 e. The molecule has 0 N–H and O–H groups in total. The second-order valence-corrected chi connectivity index (χ2v) is 8.91. The molecule has 4 heteroatoms. The molecular formula is C30H28O4. The topological polar surface area (TPSA) is 52.6 Å². The Morgan fingerprint density at radius 2 is 1.21 bits per heavy atom. The molecule has 0 unspecified atom stereocenters. The fourth-order valence-corrected chi connectivity index (χ4v) is 4.51. The van der Waals surface area contributed by atoms with E-state index in [0.717, 1.165) is 16.7 Å². The minimum Gasteiger partial charge on any atom is -0.457 e. The number of hydrogen-bond acceptors (Lipinski definition) is 4. The zero-order valence-corrected chi connectivity index (χ0v) is 19.8. The normalized spacial score (nSPS) is 12.9. The van der Waals surface area contributed by atoms with Crippen LogP contribution in [0.5, 0.6) is 0 Å². The van der Waals surface area contributed by atoms with Crippen molar-refractivity contribution in [3.63, 3.8) is 0 Å². The van der Waals surface area contributed by atoms with Crippen molar-refractivity contribution < 1.29 is 19.1 Å². The smallest absolute Gasteiger partial charge is 0.333 e. The zero-order chi connectivity index (χ0) is 24.5. The lowest BCUT2D eigenvalue weighted by atomic mass is 9.73. The molecule has 3 aromatic rings. The molecule has 0 saturated heterocycles. The molecule has 0 atom stereocenters. The van der Waals surface area contributed by atoms with Crippen LogP contribution in [0.1, 0.15) is 48.6 Å². The van der Waals surface area contributed by atoms with Gasteiger partial charge in [0.2, 0.25) is 0 Å². The Morgan fingerprint density at radius 1 is 0.735 bits per heavy atom. The number of benzene rings is 3. The van der Waals surface area contributed by atoms with Gasteiger partial charge in [-0.2, -0.15) is 0 Å². The Morgan fingerprint density at radius 3 is 1.71 bits per heavy atom. The summed E-state index contributed by atoms with van der Waals surface area (Å²) in [6.07, 6.45) is 0. The minimum atomic E-state index is -0.460. The van der Waals surface area contributed by atoms with E-state index in [0.29, 0.717) is 11.1 Å². The Labute approximate surface area is 200 Å². The van der Waals surface area contributed by atoms with Crippen molar-refractivity contribution in [3.05, 3.63) is 119 Å². The molecule has 1 aliphatic rings. The molecule has 1 aliphatic carbocycles. The molecule has 0 radical (unpaired) electrons. The number of carbonyl (C=O) groups excluding carboxylic acids is 2. The fraction of sp³-hybridized carbons (Fsp3) is 0.200. The van der Waals surface area contributed by atoms with Gasteiger partial charge in [-0.1, -0.05) is 79.9 Å². The highest BCUT2D eigenvalue weighted by atomic mass is 16.5. The second-order valence-electron chi connectivity index (χ2n) is 8.91. The average Bonchev–Trinajstić information content (AvgIpc) is 3.11. The van der Waals surface area contributed by atoms with Gasteiger partial charge in [0.1, 0.15) is 13.2 Å². The van der Waals surface area contributed by atoms with Crippen LogP contribution in [0.25, 0.3) is 11.1 Å². The molecule has 4 nitrogen and oxygen atoms in total. The van der Waals surface area contributed by atoms with E-state index < -0.39 is 11.9 Å². The Hall–Kier alpha value is -3.92. The predicted octanol–water partition coefficient (Wildman–Crippen LogP) is 6.26. The first-order valence-corrected chi connectivity index (χ1v) is 11.2. The number of rotatable bonds is 7. The summed E-state index contributed by atoms with van der Waals surface area (Å²) < 4.78 is 10.9. The Bertz CT molecular complexity index is 1270. The van der Waals surface area contributed by atoms with E-state index >= 15 is 0 Å². The van der Waals surface area contributed by atoms with Gasteiger partial charge in [-0.25, -0.2) is 9.59 Å². The number of carbonyl (C=O) groups is 2. The molecular weight excluding hydrogens is 424 g/mol. The molecule has 0 aromatic heterocycles. The van der Waals surface area contributed by atoms with E-state index in [4.69, 9.17) is 9.47 Å². The highest BCUT2D eigenvalue weighted by Crippen LogP contribution is 2.52. The summed E-state index contributed by atoms with van der Waals surface area (Å²) in [6.45, 7) is 12.9. The summed E-state index contributed by atoms with van der Waals surface area (Å²) in [5.74, 6) is -0.919. The van der Waals surface area contributed by atoms with Crippen LogP contribution in [0, 0.1) is 0 Å². The first-order valence-electron chi connectivity index (χ1n) is 11.2. The molecule has 0 bridgehead atoms. The van der Waals surface area contributed by atoms with Crippen LogP contribution in [0.3, 0.4) is 0 Å². The first kappa shape index (κ1) is 23.2. The SMILES string of the molecule is C=C(C)C(=O)OCc1ccc(C2(C)c3ccccc3-c3ccccc32)cc1COC(=O)C(=C)C. The maximum Gasteiger partial charge on any atom is 0.333 e. The summed E-state index contributed by atoms with van der Waals surface area (Å²) >= 11 is 0. The van der Waals surface area contributed by atoms with Crippen LogP contribution in [0.15, 0.2) is 91.0 Å². The van der Waals surface area contributed by atoms with Crippen molar-refractivity contribution in [3.8, 4) is 11.1 Å². The predicted molar refractivity (Wildman–Crippen MR) is 133 cm³/mol. The van der Waals surface area contributed by atoms with Crippen LogP contribution >= 0.6 is 0 Å². The third-order valence-corrected chi connectivity index (χ3v) is 6.42. The van der Waals surface area contributed by atoms with Crippen molar-refractivity contribution in [1.82, 2.24) is 0 Å². The van der Waals surface area contributed by atoms with Gasteiger partial charge in [-0.15, -0.1) is 0 Å². The fourth-order valence-electron chi connectivity index (χ4n) is 4.51. The third kappa shape index (κ3) is 4.08. The monoisotopic (exact) mass is 452 g/mol. The molecule has 0 aliphatic heterocycles. The highest BCUT2D eigenvalue weighted by molar-refractivity contribution is 5.87. The van der Waals surface area contributed by atoms with E-state index in [1.807, 2.05) is 6.07 Å². The van der Waals surface area contributed by atoms with Crippen molar-refractivity contribution >= 4 is 11.9 Å². The lowest BCUT2D eigenvalue weighted by molar-refractivity contribution is -0.141. The molecule has 0 amide bonds. The number of esters is 2. The van der Waals surface area contributed by atoms with Crippen molar-refractivity contribution in [2.45, 2.75) is 39.4 Å². The number of hydrogen-bond donors (Lipinski definition) is 0.